The van der Waals surface area contributed by atoms with Crippen LogP contribution in [0.5, 0.6) is 0 Å². The number of nitrogens with one attached hydrogen (secondary N) is 1. The summed E-state index contributed by atoms with van der Waals surface area (Å²) in [6.45, 7) is 5.63. The van der Waals surface area contributed by atoms with Crippen LogP contribution in [0.3, 0.4) is 0 Å². The van der Waals surface area contributed by atoms with Gasteiger partial charge in [0.15, 0.2) is 5.16 Å². The summed E-state index contributed by atoms with van der Waals surface area (Å²) in [5, 5.41) is 3.96. The van der Waals surface area contributed by atoms with Gasteiger partial charge in [0.05, 0.1) is 5.92 Å². The molecule has 1 aromatic rings. The number of aromatic nitrogens is 2. The molecule has 7 heteroatoms. The van der Waals surface area contributed by atoms with Gasteiger partial charge < -0.3 is 16.0 Å². The molecule has 2 heterocycles. The highest BCUT2D eigenvalue weighted by molar-refractivity contribution is 7.98. The maximum Gasteiger partial charge on any atom is 0.222 e. The Bertz CT molecular complexity index is 510. The van der Waals surface area contributed by atoms with E-state index in [0.717, 1.165) is 36.2 Å². The summed E-state index contributed by atoms with van der Waals surface area (Å²) in [6.07, 6.45) is 3.76. The summed E-state index contributed by atoms with van der Waals surface area (Å²) in [5.41, 5.74) is 5.47. The molecule has 1 amide bonds. The number of carbonyl (C=O) groups excluding carboxylic acids is 1. The molecule has 2 unspecified atom stereocenters. The van der Waals surface area contributed by atoms with E-state index in [-0.39, 0.29) is 11.8 Å². The number of piperidine rings is 1. The lowest BCUT2D eigenvalue weighted by Gasteiger charge is -2.37. The molecule has 2 atom stereocenters. The zero-order valence-corrected chi connectivity index (χ0v) is 13.6. The van der Waals surface area contributed by atoms with Crippen molar-refractivity contribution in [3.63, 3.8) is 0 Å². The first-order valence-corrected chi connectivity index (χ1v) is 8.50. The molecular weight excluding hydrogens is 286 g/mol. The Hall–Kier alpha value is -1.50. The van der Waals surface area contributed by atoms with E-state index in [4.69, 9.17) is 5.73 Å². The standard InChI is InChI=1S/C14H23N5OS/c1-4-16-11-7-12(18-14(17-11)21-3)19-8-10(13(15)20)6-5-9(19)2/h7,9-10H,4-6,8H2,1-3H3,(H2,15,20)(H,16,17,18). The molecular formula is C14H23N5OS. The predicted octanol–water partition coefficient (Wildman–Crippen LogP) is 1.72. The van der Waals surface area contributed by atoms with Gasteiger partial charge in [0.25, 0.3) is 0 Å². The molecule has 1 aliphatic heterocycles. The van der Waals surface area contributed by atoms with E-state index in [1.807, 2.05) is 19.2 Å². The summed E-state index contributed by atoms with van der Waals surface area (Å²) < 4.78 is 0. The van der Waals surface area contributed by atoms with Crippen molar-refractivity contribution in [1.82, 2.24) is 9.97 Å². The lowest BCUT2D eigenvalue weighted by atomic mass is 9.93. The molecule has 6 nitrogen and oxygen atoms in total. The lowest BCUT2D eigenvalue weighted by Crippen LogP contribution is -2.46. The van der Waals surface area contributed by atoms with Gasteiger partial charge in [-0.15, -0.1) is 0 Å². The molecule has 1 aliphatic rings. The minimum atomic E-state index is -0.224. The third kappa shape index (κ3) is 3.78. The molecule has 0 radical (unpaired) electrons. The summed E-state index contributed by atoms with van der Waals surface area (Å²) in [4.78, 5) is 22.7. The number of carbonyl (C=O) groups is 1. The van der Waals surface area contributed by atoms with Crippen molar-refractivity contribution >= 4 is 29.3 Å². The number of hydrogen-bond donors (Lipinski definition) is 2. The molecule has 0 bridgehead atoms. The Morgan fingerprint density at radius 2 is 2.29 bits per heavy atom. The van der Waals surface area contributed by atoms with Crippen LogP contribution in [-0.2, 0) is 4.79 Å². The van der Waals surface area contributed by atoms with E-state index in [1.54, 1.807) is 0 Å². The van der Waals surface area contributed by atoms with E-state index in [1.165, 1.54) is 11.8 Å². The summed E-state index contributed by atoms with van der Waals surface area (Å²) in [5.74, 6) is 1.36. The number of hydrogen-bond acceptors (Lipinski definition) is 6. The fourth-order valence-electron chi connectivity index (χ4n) is 2.58. The zero-order chi connectivity index (χ0) is 15.4. The van der Waals surface area contributed by atoms with Gasteiger partial charge >= 0.3 is 0 Å². The quantitative estimate of drug-likeness (QED) is 0.636. The van der Waals surface area contributed by atoms with Crippen molar-refractivity contribution in [2.45, 2.75) is 37.9 Å². The summed E-state index contributed by atoms with van der Waals surface area (Å²) in [6, 6.07) is 2.29. The molecule has 1 fully saturated rings. The van der Waals surface area contributed by atoms with Crippen molar-refractivity contribution in [2.24, 2.45) is 11.7 Å². The monoisotopic (exact) mass is 309 g/mol. The fraction of sp³-hybridized carbons (Fsp3) is 0.643. The molecule has 2 rings (SSSR count). The van der Waals surface area contributed by atoms with Crippen LogP contribution in [0.1, 0.15) is 26.7 Å². The topological polar surface area (TPSA) is 84.1 Å². The Kier molecular flexibility index (Phi) is 5.27. The van der Waals surface area contributed by atoms with Crippen molar-refractivity contribution in [2.75, 3.05) is 29.6 Å². The minimum Gasteiger partial charge on any atom is -0.370 e. The number of primary amides is 1. The fourth-order valence-corrected chi connectivity index (χ4v) is 2.96. The first kappa shape index (κ1) is 15.9. The largest absolute Gasteiger partial charge is 0.370 e. The molecule has 21 heavy (non-hydrogen) atoms. The third-order valence-electron chi connectivity index (χ3n) is 3.81. The number of thioether (sulfide) groups is 1. The molecule has 0 spiro atoms. The van der Waals surface area contributed by atoms with Gasteiger partial charge in [-0.3, -0.25) is 4.79 Å². The van der Waals surface area contributed by atoms with Gasteiger partial charge in [-0.25, -0.2) is 9.97 Å². The molecule has 0 saturated carbocycles. The number of nitrogens with zero attached hydrogens (tertiary/aromatic N) is 3. The highest BCUT2D eigenvalue weighted by Gasteiger charge is 2.29. The van der Waals surface area contributed by atoms with Gasteiger partial charge in [0.1, 0.15) is 11.6 Å². The Morgan fingerprint density at radius 1 is 1.52 bits per heavy atom. The van der Waals surface area contributed by atoms with Crippen LogP contribution >= 0.6 is 11.8 Å². The molecule has 1 saturated heterocycles. The normalized spacial score (nSPS) is 22.1. The maximum absolute atomic E-state index is 11.5. The maximum atomic E-state index is 11.5. The van der Waals surface area contributed by atoms with Crippen molar-refractivity contribution in [3.05, 3.63) is 6.07 Å². The van der Waals surface area contributed by atoms with Crippen LogP contribution in [0.2, 0.25) is 0 Å². The van der Waals surface area contributed by atoms with Crippen LogP contribution in [-0.4, -0.2) is 41.3 Å². The molecule has 0 aliphatic carbocycles. The van der Waals surface area contributed by atoms with E-state index in [2.05, 4.69) is 27.1 Å². The van der Waals surface area contributed by atoms with Crippen LogP contribution < -0.4 is 16.0 Å². The Balaban J connectivity index is 2.29. The number of rotatable bonds is 5. The van der Waals surface area contributed by atoms with Crippen molar-refractivity contribution in [3.8, 4) is 0 Å². The molecule has 0 aromatic carbocycles. The highest BCUT2D eigenvalue weighted by Crippen LogP contribution is 2.28. The SMILES string of the molecule is CCNc1cc(N2CC(C(N)=O)CCC2C)nc(SC)n1. The van der Waals surface area contributed by atoms with E-state index in [9.17, 15) is 4.79 Å². The van der Waals surface area contributed by atoms with E-state index in [0.29, 0.717) is 12.6 Å². The Labute approximate surface area is 129 Å². The third-order valence-corrected chi connectivity index (χ3v) is 4.36. The highest BCUT2D eigenvalue weighted by atomic mass is 32.2. The van der Waals surface area contributed by atoms with Gasteiger partial charge in [-0.05, 0) is 32.9 Å². The van der Waals surface area contributed by atoms with Gasteiger partial charge in [0, 0.05) is 25.2 Å². The molecule has 3 N–H and O–H groups in total. The van der Waals surface area contributed by atoms with Gasteiger partial charge in [-0.2, -0.15) is 0 Å². The van der Waals surface area contributed by atoms with Crippen molar-refractivity contribution in [1.29, 1.82) is 0 Å². The predicted molar refractivity (Wildman–Crippen MR) is 86.7 cm³/mol. The van der Waals surface area contributed by atoms with Crippen LogP contribution in [0.4, 0.5) is 11.6 Å². The summed E-state index contributed by atoms with van der Waals surface area (Å²) in [7, 11) is 0. The summed E-state index contributed by atoms with van der Waals surface area (Å²) >= 11 is 1.51. The average molecular weight is 309 g/mol. The van der Waals surface area contributed by atoms with Crippen molar-refractivity contribution < 1.29 is 4.79 Å². The second-order valence-electron chi connectivity index (χ2n) is 5.31. The first-order valence-electron chi connectivity index (χ1n) is 7.28. The first-order chi connectivity index (χ1) is 10.0. The lowest BCUT2D eigenvalue weighted by molar-refractivity contribution is -0.122. The van der Waals surface area contributed by atoms with Crippen LogP contribution in [0.15, 0.2) is 11.2 Å². The van der Waals surface area contributed by atoms with Crippen LogP contribution in [0, 0.1) is 5.92 Å². The number of amides is 1. The molecule has 116 valence electrons. The second kappa shape index (κ2) is 6.98. The van der Waals surface area contributed by atoms with Crippen LogP contribution in [0.25, 0.3) is 0 Å². The van der Waals surface area contributed by atoms with E-state index >= 15 is 0 Å². The Morgan fingerprint density at radius 3 is 2.90 bits per heavy atom. The van der Waals surface area contributed by atoms with Gasteiger partial charge in [-0.1, -0.05) is 11.8 Å². The second-order valence-corrected chi connectivity index (χ2v) is 6.08. The van der Waals surface area contributed by atoms with Gasteiger partial charge in [0.2, 0.25) is 5.91 Å². The van der Waals surface area contributed by atoms with E-state index < -0.39 is 0 Å². The molecule has 1 aromatic heterocycles. The average Bonchev–Trinajstić information content (AvgIpc) is 2.47. The number of anilines is 2. The minimum absolute atomic E-state index is 0.100. The number of nitrogens with two attached hydrogens (primary N) is 1. The smallest absolute Gasteiger partial charge is 0.222 e. The zero-order valence-electron chi connectivity index (χ0n) is 12.8.